The van der Waals surface area contributed by atoms with E-state index < -0.39 is 0 Å². The number of hydrogen-bond acceptors (Lipinski definition) is 3. The third-order valence-electron chi connectivity index (χ3n) is 3.57. The van der Waals surface area contributed by atoms with Gasteiger partial charge in [0.1, 0.15) is 5.76 Å². The fourth-order valence-electron chi connectivity index (χ4n) is 2.37. The van der Waals surface area contributed by atoms with Crippen LogP contribution in [0.4, 0.5) is 4.79 Å². The maximum absolute atomic E-state index is 12.4. The molecule has 1 fully saturated rings. The Balaban J connectivity index is 1.56. The Morgan fingerprint density at radius 1 is 1.62 bits per heavy atom. The first kappa shape index (κ1) is 13.7. The van der Waals surface area contributed by atoms with E-state index in [1.807, 2.05) is 34.7 Å². The van der Waals surface area contributed by atoms with Gasteiger partial charge in [0.25, 0.3) is 0 Å². The molecule has 1 N–H and O–H groups in total. The van der Waals surface area contributed by atoms with Gasteiger partial charge in [-0.2, -0.15) is 0 Å². The standard InChI is InChI=1S/C15H20N4O2/c1-12(9-18-7-6-16-11-18)17-15(20)19(13-4-5-13)10-14-3-2-8-21-14/h2-3,6-8,11-13H,4-5,9-10H2,1H3,(H,17,20)/t12-/m0/s1. The van der Waals surface area contributed by atoms with Crippen molar-refractivity contribution in [2.45, 2.75) is 44.9 Å². The van der Waals surface area contributed by atoms with Gasteiger partial charge in [-0.05, 0) is 31.9 Å². The van der Waals surface area contributed by atoms with Crippen molar-refractivity contribution in [2.75, 3.05) is 0 Å². The van der Waals surface area contributed by atoms with Crippen LogP contribution in [0.25, 0.3) is 0 Å². The maximum Gasteiger partial charge on any atom is 0.318 e. The zero-order chi connectivity index (χ0) is 14.7. The van der Waals surface area contributed by atoms with Gasteiger partial charge in [0, 0.05) is 31.0 Å². The molecule has 1 aliphatic carbocycles. The van der Waals surface area contributed by atoms with Crippen molar-refractivity contribution in [1.29, 1.82) is 0 Å². The maximum atomic E-state index is 12.4. The summed E-state index contributed by atoms with van der Waals surface area (Å²) in [4.78, 5) is 18.3. The molecule has 3 rings (SSSR count). The molecule has 2 aromatic rings. The SMILES string of the molecule is C[C@@H](Cn1ccnc1)NC(=O)N(Cc1ccco1)C1CC1. The van der Waals surface area contributed by atoms with E-state index in [-0.39, 0.29) is 12.1 Å². The molecule has 6 nitrogen and oxygen atoms in total. The lowest BCUT2D eigenvalue weighted by Crippen LogP contribution is -2.45. The lowest BCUT2D eigenvalue weighted by Gasteiger charge is -2.24. The van der Waals surface area contributed by atoms with Crippen molar-refractivity contribution in [2.24, 2.45) is 0 Å². The number of urea groups is 1. The average Bonchev–Trinajstić information content (AvgIpc) is 2.94. The van der Waals surface area contributed by atoms with Crippen molar-refractivity contribution in [3.05, 3.63) is 42.9 Å². The number of imidazole rings is 1. The average molecular weight is 288 g/mol. The van der Waals surface area contributed by atoms with Gasteiger partial charge in [0.2, 0.25) is 0 Å². The smallest absolute Gasteiger partial charge is 0.318 e. The van der Waals surface area contributed by atoms with Crippen LogP contribution in [-0.2, 0) is 13.1 Å². The number of aromatic nitrogens is 2. The Hall–Kier alpha value is -2.24. The van der Waals surface area contributed by atoms with Gasteiger partial charge in [0.15, 0.2) is 0 Å². The quantitative estimate of drug-likeness (QED) is 0.886. The molecule has 0 aromatic carbocycles. The monoisotopic (exact) mass is 288 g/mol. The highest BCUT2D eigenvalue weighted by molar-refractivity contribution is 5.75. The highest BCUT2D eigenvalue weighted by Gasteiger charge is 2.33. The molecule has 1 aliphatic rings. The number of nitrogens with one attached hydrogen (secondary N) is 1. The molecule has 2 amide bonds. The van der Waals surface area contributed by atoms with Gasteiger partial charge >= 0.3 is 6.03 Å². The summed E-state index contributed by atoms with van der Waals surface area (Å²) in [6, 6.07) is 4.11. The second kappa shape index (κ2) is 6.03. The van der Waals surface area contributed by atoms with Gasteiger partial charge in [-0.1, -0.05) is 0 Å². The van der Waals surface area contributed by atoms with Crippen molar-refractivity contribution in [3.8, 4) is 0 Å². The Morgan fingerprint density at radius 2 is 2.48 bits per heavy atom. The molecule has 2 aromatic heterocycles. The number of furan rings is 1. The van der Waals surface area contributed by atoms with E-state index in [9.17, 15) is 4.79 Å². The van der Waals surface area contributed by atoms with Crippen LogP contribution in [0.15, 0.2) is 41.5 Å². The second-order valence-electron chi connectivity index (χ2n) is 5.55. The predicted octanol–water partition coefficient (Wildman–Crippen LogP) is 2.24. The van der Waals surface area contributed by atoms with Gasteiger partial charge in [-0.15, -0.1) is 0 Å². The number of nitrogens with zero attached hydrogens (tertiary/aromatic N) is 3. The molecule has 6 heteroatoms. The molecular weight excluding hydrogens is 268 g/mol. The van der Waals surface area contributed by atoms with Crippen LogP contribution in [0.3, 0.4) is 0 Å². The normalized spacial score (nSPS) is 15.7. The lowest BCUT2D eigenvalue weighted by molar-refractivity contribution is 0.182. The van der Waals surface area contributed by atoms with Crippen molar-refractivity contribution in [1.82, 2.24) is 19.8 Å². The van der Waals surface area contributed by atoms with E-state index >= 15 is 0 Å². The zero-order valence-corrected chi connectivity index (χ0v) is 12.1. The molecule has 112 valence electrons. The number of amides is 2. The minimum absolute atomic E-state index is 0.0264. The third-order valence-corrected chi connectivity index (χ3v) is 3.57. The molecule has 1 saturated carbocycles. The zero-order valence-electron chi connectivity index (χ0n) is 12.1. The molecular formula is C15H20N4O2. The molecule has 0 saturated heterocycles. The molecule has 21 heavy (non-hydrogen) atoms. The van der Waals surface area contributed by atoms with E-state index in [1.165, 1.54) is 0 Å². The Bertz CT molecular complexity index is 561. The Labute approximate surface area is 123 Å². The summed E-state index contributed by atoms with van der Waals surface area (Å²) in [5.41, 5.74) is 0. The molecule has 1 atom stereocenters. The van der Waals surface area contributed by atoms with Crippen LogP contribution in [0, 0.1) is 0 Å². The van der Waals surface area contributed by atoms with Gasteiger partial charge in [-0.25, -0.2) is 9.78 Å². The summed E-state index contributed by atoms with van der Waals surface area (Å²) in [5.74, 6) is 0.819. The predicted molar refractivity (Wildman–Crippen MR) is 77.5 cm³/mol. The number of carbonyl (C=O) groups is 1. The Morgan fingerprint density at radius 3 is 3.10 bits per heavy atom. The van der Waals surface area contributed by atoms with E-state index in [1.54, 1.807) is 18.8 Å². The molecule has 0 radical (unpaired) electrons. The van der Waals surface area contributed by atoms with Crippen LogP contribution >= 0.6 is 0 Å². The first-order valence-electron chi connectivity index (χ1n) is 7.27. The molecule has 0 spiro atoms. The van der Waals surface area contributed by atoms with Gasteiger partial charge in [0.05, 0.1) is 19.1 Å². The van der Waals surface area contributed by atoms with Crippen LogP contribution < -0.4 is 5.32 Å². The lowest BCUT2D eigenvalue weighted by atomic mass is 10.3. The summed E-state index contributed by atoms with van der Waals surface area (Å²) in [7, 11) is 0. The van der Waals surface area contributed by atoms with Crippen LogP contribution in [0.2, 0.25) is 0 Å². The number of carbonyl (C=O) groups excluding carboxylic acids is 1. The highest BCUT2D eigenvalue weighted by Crippen LogP contribution is 2.28. The fourth-order valence-corrected chi connectivity index (χ4v) is 2.37. The molecule has 0 bridgehead atoms. The largest absolute Gasteiger partial charge is 0.467 e. The summed E-state index contributed by atoms with van der Waals surface area (Å²) in [5, 5.41) is 3.05. The molecule has 0 aliphatic heterocycles. The summed E-state index contributed by atoms with van der Waals surface area (Å²) in [6.45, 7) is 3.24. The van der Waals surface area contributed by atoms with E-state index in [0.717, 1.165) is 18.6 Å². The van der Waals surface area contributed by atoms with E-state index in [0.29, 0.717) is 19.1 Å². The number of hydrogen-bond donors (Lipinski definition) is 1. The second-order valence-corrected chi connectivity index (χ2v) is 5.55. The summed E-state index contributed by atoms with van der Waals surface area (Å²) < 4.78 is 7.31. The minimum Gasteiger partial charge on any atom is -0.467 e. The minimum atomic E-state index is -0.0264. The topological polar surface area (TPSA) is 63.3 Å². The van der Waals surface area contributed by atoms with E-state index in [4.69, 9.17) is 4.42 Å². The Kier molecular flexibility index (Phi) is 3.94. The van der Waals surface area contributed by atoms with Gasteiger partial charge < -0.3 is 19.2 Å². The van der Waals surface area contributed by atoms with Crippen molar-refractivity contribution in [3.63, 3.8) is 0 Å². The fraction of sp³-hybridized carbons (Fsp3) is 0.467. The van der Waals surface area contributed by atoms with Crippen LogP contribution in [-0.4, -0.2) is 32.6 Å². The highest BCUT2D eigenvalue weighted by atomic mass is 16.3. The summed E-state index contributed by atoms with van der Waals surface area (Å²) >= 11 is 0. The first-order chi connectivity index (χ1) is 10.2. The molecule has 2 heterocycles. The van der Waals surface area contributed by atoms with Gasteiger partial charge in [-0.3, -0.25) is 0 Å². The summed E-state index contributed by atoms with van der Waals surface area (Å²) in [6.07, 6.45) is 9.17. The third kappa shape index (κ3) is 3.65. The van der Waals surface area contributed by atoms with Crippen molar-refractivity contribution >= 4 is 6.03 Å². The van der Waals surface area contributed by atoms with Crippen molar-refractivity contribution < 1.29 is 9.21 Å². The molecule has 0 unspecified atom stereocenters. The van der Waals surface area contributed by atoms with E-state index in [2.05, 4.69) is 10.3 Å². The number of rotatable bonds is 6. The van der Waals surface area contributed by atoms with Crippen LogP contribution in [0.5, 0.6) is 0 Å². The van der Waals surface area contributed by atoms with Crippen LogP contribution in [0.1, 0.15) is 25.5 Å². The first-order valence-corrected chi connectivity index (χ1v) is 7.27.